The molecule has 0 atom stereocenters. The molecule has 174 valence electrons. The van der Waals surface area contributed by atoms with E-state index in [1.807, 2.05) is 36.4 Å². The topological polar surface area (TPSA) is 101 Å². The average Bonchev–Trinajstić information content (AvgIpc) is 3.16. The zero-order valence-electron chi connectivity index (χ0n) is 18.3. The fraction of sp³-hybridized carbons (Fsp3) is 0.200. The van der Waals surface area contributed by atoms with E-state index in [1.54, 1.807) is 21.6 Å². The summed E-state index contributed by atoms with van der Waals surface area (Å²) < 4.78 is 2.41. The highest BCUT2D eigenvalue weighted by molar-refractivity contribution is 9.10. The number of rotatable bonds is 8. The molecule has 8 nitrogen and oxygen atoms in total. The molecule has 0 aliphatic carbocycles. The predicted octanol–water partition coefficient (Wildman–Crippen LogP) is 2.42. The molecule has 3 aromatic rings. The second-order valence-corrected chi connectivity index (χ2v) is 8.96. The molecule has 1 fully saturated rings. The Labute approximate surface area is 204 Å². The van der Waals surface area contributed by atoms with Crippen molar-refractivity contribution in [2.24, 2.45) is 0 Å². The van der Waals surface area contributed by atoms with Crippen LogP contribution in [0.15, 0.2) is 71.9 Å². The molecule has 0 spiro atoms. The van der Waals surface area contributed by atoms with Gasteiger partial charge in [-0.1, -0.05) is 52.8 Å². The first-order valence-electron chi connectivity index (χ1n) is 10.7. The molecule has 9 heteroatoms. The fourth-order valence-electron chi connectivity index (χ4n) is 3.87. The summed E-state index contributed by atoms with van der Waals surface area (Å²) in [5.41, 5.74) is 1.77. The van der Waals surface area contributed by atoms with Crippen molar-refractivity contribution in [1.82, 2.24) is 20.1 Å². The Bertz CT molecular complexity index is 1280. The highest BCUT2D eigenvalue weighted by atomic mass is 79.9. The Morgan fingerprint density at radius 1 is 1.09 bits per heavy atom. The Kier molecular flexibility index (Phi) is 6.93. The molecular weight excluding hydrogens is 500 g/mol. The van der Waals surface area contributed by atoms with Crippen LogP contribution in [0.25, 0.3) is 10.9 Å². The minimum absolute atomic E-state index is 0.0248. The first-order valence-corrected chi connectivity index (χ1v) is 11.5. The van der Waals surface area contributed by atoms with E-state index in [0.29, 0.717) is 24.0 Å². The largest absolute Gasteiger partial charge is 0.348 e. The number of amides is 3. The van der Waals surface area contributed by atoms with E-state index >= 15 is 0 Å². The third-order valence-corrected chi connectivity index (χ3v) is 6.13. The number of likely N-dealkylation sites (tertiary alicyclic amines) is 1. The van der Waals surface area contributed by atoms with Gasteiger partial charge in [0.15, 0.2) is 0 Å². The van der Waals surface area contributed by atoms with Gasteiger partial charge in [0, 0.05) is 41.2 Å². The second-order valence-electron chi connectivity index (χ2n) is 8.04. The van der Waals surface area contributed by atoms with Gasteiger partial charge in [0.2, 0.25) is 11.8 Å². The predicted molar refractivity (Wildman–Crippen MR) is 131 cm³/mol. The van der Waals surface area contributed by atoms with E-state index in [-0.39, 0.29) is 36.5 Å². The van der Waals surface area contributed by atoms with Crippen LogP contribution in [0, 0.1) is 0 Å². The van der Waals surface area contributed by atoms with Crippen molar-refractivity contribution in [3.63, 3.8) is 0 Å². The number of ketones is 1. The van der Waals surface area contributed by atoms with Crippen LogP contribution < -0.4 is 10.6 Å². The Balaban J connectivity index is 1.47. The van der Waals surface area contributed by atoms with Gasteiger partial charge in [-0.2, -0.15) is 0 Å². The molecule has 1 saturated heterocycles. The van der Waals surface area contributed by atoms with Crippen LogP contribution in [-0.4, -0.2) is 52.1 Å². The molecule has 34 heavy (non-hydrogen) atoms. The molecule has 2 aromatic carbocycles. The number of aromatic nitrogens is 1. The third kappa shape index (κ3) is 5.09. The lowest BCUT2D eigenvalue weighted by atomic mass is 10.1. The van der Waals surface area contributed by atoms with Gasteiger partial charge in [0.05, 0.1) is 11.6 Å². The number of carbonyl (C=O) groups excluding carboxylic acids is 4. The maximum atomic E-state index is 13.0. The number of carbonyl (C=O) groups is 4. The summed E-state index contributed by atoms with van der Waals surface area (Å²) >= 11 is 3.41. The minimum Gasteiger partial charge on any atom is -0.348 e. The van der Waals surface area contributed by atoms with Gasteiger partial charge in [0.1, 0.15) is 6.54 Å². The molecule has 2 heterocycles. The minimum atomic E-state index is -0.714. The fourth-order valence-corrected chi connectivity index (χ4v) is 4.23. The Morgan fingerprint density at radius 2 is 1.82 bits per heavy atom. The van der Waals surface area contributed by atoms with Gasteiger partial charge in [-0.25, -0.2) is 0 Å². The highest BCUT2D eigenvalue weighted by Crippen LogP contribution is 2.26. The summed E-state index contributed by atoms with van der Waals surface area (Å²) in [5.74, 6) is -1.80. The molecule has 0 radical (unpaired) electrons. The van der Waals surface area contributed by atoms with Crippen LogP contribution in [0.5, 0.6) is 0 Å². The number of halogens is 1. The smallest absolute Gasteiger partial charge is 0.292 e. The first kappa shape index (κ1) is 23.4. The van der Waals surface area contributed by atoms with E-state index in [9.17, 15) is 19.2 Å². The number of fused-ring (bicyclic) bond motifs is 1. The van der Waals surface area contributed by atoms with Crippen molar-refractivity contribution in [2.75, 3.05) is 13.1 Å². The molecule has 0 bridgehead atoms. The molecule has 0 saturated carbocycles. The molecule has 1 aliphatic heterocycles. The van der Waals surface area contributed by atoms with E-state index in [1.165, 1.54) is 12.3 Å². The number of Topliss-reactive ketones (excluding diaryl/α,β-unsaturated/α-hetero) is 1. The van der Waals surface area contributed by atoms with Gasteiger partial charge in [0.25, 0.3) is 11.7 Å². The highest BCUT2D eigenvalue weighted by Gasteiger charge is 2.30. The van der Waals surface area contributed by atoms with Crippen molar-refractivity contribution in [3.05, 3.63) is 83.0 Å². The summed E-state index contributed by atoms with van der Waals surface area (Å²) in [5, 5.41) is 6.12. The molecule has 2 N–H and O–H groups in total. The van der Waals surface area contributed by atoms with Crippen molar-refractivity contribution in [2.45, 2.75) is 19.1 Å². The quantitative estimate of drug-likeness (QED) is 0.269. The number of hydrogen-bond acceptors (Lipinski definition) is 4. The maximum absolute atomic E-state index is 13.0. The third-order valence-electron chi connectivity index (χ3n) is 5.64. The van der Waals surface area contributed by atoms with Crippen molar-refractivity contribution in [3.8, 4) is 0 Å². The molecule has 1 aliphatic rings. The first-order chi connectivity index (χ1) is 16.4. The lowest BCUT2D eigenvalue weighted by Crippen LogP contribution is -2.61. The van der Waals surface area contributed by atoms with Gasteiger partial charge >= 0.3 is 0 Å². The number of benzene rings is 2. The van der Waals surface area contributed by atoms with Gasteiger partial charge in [-0.05, 0) is 29.8 Å². The lowest BCUT2D eigenvalue weighted by Gasteiger charge is -2.38. The lowest BCUT2D eigenvalue weighted by molar-refractivity contribution is -0.133. The van der Waals surface area contributed by atoms with Gasteiger partial charge in [-0.3, -0.25) is 19.2 Å². The van der Waals surface area contributed by atoms with Crippen LogP contribution in [-0.2, 0) is 27.5 Å². The Morgan fingerprint density at radius 3 is 2.53 bits per heavy atom. The second kappa shape index (κ2) is 10.0. The zero-order chi connectivity index (χ0) is 24.2. The molecular formula is C25H23BrN4O4. The molecule has 3 amide bonds. The van der Waals surface area contributed by atoms with Crippen LogP contribution in [0.3, 0.4) is 0 Å². The van der Waals surface area contributed by atoms with Crippen LogP contribution in [0.1, 0.15) is 15.9 Å². The summed E-state index contributed by atoms with van der Waals surface area (Å²) in [4.78, 5) is 51.3. The summed E-state index contributed by atoms with van der Waals surface area (Å²) in [6.07, 6.45) is 2.78. The number of hydrogen-bond donors (Lipinski definition) is 2. The van der Waals surface area contributed by atoms with E-state index in [4.69, 9.17) is 0 Å². The summed E-state index contributed by atoms with van der Waals surface area (Å²) in [6, 6.07) is 14.5. The molecule has 1 aromatic heterocycles. The van der Waals surface area contributed by atoms with Gasteiger partial charge in [-0.15, -0.1) is 0 Å². The SMILES string of the molecule is C=CC(=O)N1CC(NC(=O)Cn2cc(C(=O)C(=O)NCc3ccccc3)c3cc(Br)ccc32)C1. The van der Waals surface area contributed by atoms with E-state index in [2.05, 4.69) is 33.1 Å². The van der Waals surface area contributed by atoms with E-state index < -0.39 is 11.7 Å². The van der Waals surface area contributed by atoms with Crippen molar-refractivity contribution < 1.29 is 19.2 Å². The van der Waals surface area contributed by atoms with Crippen LogP contribution in [0.2, 0.25) is 0 Å². The monoisotopic (exact) mass is 522 g/mol. The average molecular weight is 523 g/mol. The summed E-state index contributed by atoms with van der Waals surface area (Å²) in [7, 11) is 0. The molecule has 4 rings (SSSR count). The number of nitrogens with zero attached hydrogens (tertiary/aromatic N) is 2. The van der Waals surface area contributed by atoms with Crippen molar-refractivity contribution >= 4 is 50.3 Å². The van der Waals surface area contributed by atoms with Crippen LogP contribution >= 0.6 is 15.9 Å². The maximum Gasteiger partial charge on any atom is 0.292 e. The number of nitrogens with one attached hydrogen (secondary N) is 2. The van der Waals surface area contributed by atoms with Crippen LogP contribution in [0.4, 0.5) is 0 Å². The standard InChI is InChI=1S/C25H23BrN4O4/c1-2-23(32)30-12-18(13-30)28-22(31)15-29-14-20(19-10-17(26)8-9-21(19)29)24(33)25(34)27-11-16-6-4-3-5-7-16/h2-10,14,18H,1,11-13,15H2,(H,27,34)(H,28,31). The van der Waals surface area contributed by atoms with Crippen molar-refractivity contribution in [1.29, 1.82) is 0 Å². The zero-order valence-corrected chi connectivity index (χ0v) is 19.9. The molecule has 0 unspecified atom stereocenters. The Hall–Kier alpha value is -3.72. The normalized spacial score (nSPS) is 13.3. The summed E-state index contributed by atoms with van der Waals surface area (Å²) in [6.45, 7) is 4.53. The van der Waals surface area contributed by atoms with Gasteiger partial charge < -0.3 is 20.1 Å². The van der Waals surface area contributed by atoms with E-state index in [0.717, 1.165) is 10.0 Å².